The molecule has 1 aromatic carbocycles. The van der Waals surface area contributed by atoms with Crippen molar-refractivity contribution in [1.29, 1.82) is 0 Å². The summed E-state index contributed by atoms with van der Waals surface area (Å²) >= 11 is 0. The monoisotopic (exact) mass is 287 g/mol. The zero-order valence-corrected chi connectivity index (χ0v) is 12.2. The van der Waals surface area contributed by atoms with E-state index in [1.54, 1.807) is 24.3 Å². The molecular formula is C16H21N3O2. The summed E-state index contributed by atoms with van der Waals surface area (Å²) < 4.78 is 0. The van der Waals surface area contributed by atoms with Crippen LogP contribution in [0.25, 0.3) is 0 Å². The molecule has 2 fully saturated rings. The zero-order valence-electron chi connectivity index (χ0n) is 12.2. The number of fused-ring (bicyclic) bond motifs is 1. The van der Waals surface area contributed by atoms with Crippen molar-refractivity contribution in [2.75, 3.05) is 19.6 Å². The van der Waals surface area contributed by atoms with Crippen molar-refractivity contribution < 1.29 is 9.59 Å². The Hall–Kier alpha value is -1.88. The van der Waals surface area contributed by atoms with Gasteiger partial charge < -0.3 is 16.0 Å². The van der Waals surface area contributed by atoms with Gasteiger partial charge in [0.2, 0.25) is 5.91 Å². The first kappa shape index (κ1) is 14.1. The highest BCUT2D eigenvalue weighted by atomic mass is 16.2. The Labute approximate surface area is 124 Å². The van der Waals surface area contributed by atoms with E-state index in [-0.39, 0.29) is 11.9 Å². The molecule has 3 N–H and O–H groups in total. The van der Waals surface area contributed by atoms with Crippen molar-refractivity contribution >= 4 is 11.8 Å². The third-order valence-electron chi connectivity index (χ3n) is 4.79. The van der Waals surface area contributed by atoms with Gasteiger partial charge in [-0.2, -0.15) is 0 Å². The van der Waals surface area contributed by atoms with Crippen LogP contribution in [0.3, 0.4) is 0 Å². The van der Waals surface area contributed by atoms with Crippen LogP contribution in [0, 0.1) is 11.8 Å². The van der Waals surface area contributed by atoms with Gasteiger partial charge in [0, 0.05) is 36.8 Å². The fourth-order valence-electron chi connectivity index (χ4n) is 3.75. The molecule has 0 spiro atoms. The Morgan fingerprint density at radius 1 is 1.33 bits per heavy atom. The Bertz CT molecular complexity index is 572. The molecule has 3 rings (SSSR count). The molecule has 2 saturated heterocycles. The van der Waals surface area contributed by atoms with Gasteiger partial charge in [-0.15, -0.1) is 0 Å². The highest BCUT2D eigenvalue weighted by molar-refractivity contribution is 5.99. The molecule has 3 unspecified atom stereocenters. The van der Waals surface area contributed by atoms with Crippen LogP contribution < -0.4 is 11.1 Å². The van der Waals surface area contributed by atoms with Crippen LogP contribution in [0.4, 0.5) is 0 Å². The number of nitrogens with zero attached hydrogens (tertiary/aromatic N) is 1. The summed E-state index contributed by atoms with van der Waals surface area (Å²) in [6.07, 6.45) is 0.962. The third-order valence-corrected chi connectivity index (χ3v) is 4.79. The first-order valence-corrected chi connectivity index (χ1v) is 7.53. The Balaban J connectivity index is 1.85. The molecule has 0 saturated carbocycles. The molecule has 5 heteroatoms. The standard InChI is InChI=1S/C16H21N3O2/c1-2-14-13-8-18-7-12(13)9-19(14)16(21)11-5-3-4-10(6-11)15(17)20/h3-6,12-14,18H,2,7-9H2,1H3,(H2,17,20). The molecule has 0 bridgehead atoms. The summed E-state index contributed by atoms with van der Waals surface area (Å²) in [4.78, 5) is 26.0. The Morgan fingerprint density at radius 2 is 2.10 bits per heavy atom. The van der Waals surface area contributed by atoms with Crippen molar-refractivity contribution in [3.8, 4) is 0 Å². The van der Waals surface area contributed by atoms with Gasteiger partial charge in [0.15, 0.2) is 0 Å². The van der Waals surface area contributed by atoms with Gasteiger partial charge in [-0.1, -0.05) is 13.0 Å². The quantitative estimate of drug-likeness (QED) is 0.865. The summed E-state index contributed by atoms with van der Waals surface area (Å²) in [5, 5.41) is 3.41. The largest absolute Gasteiger partial charge is 0.366 e. The normalized spacial score (nSPS) is 27.7. The third kappa shape index (κ3) is 2.42. The number of hydrogen-bond donors (Lipinski definition) is 2. The average Bonchev–Trinajstić information content (AvgIpc) is 3.06. The summed E-state index contributed by atoms with van der Waals surface area (Å²) in [5.41, 5.74) is 6.23. The first-order valence-electron chi connectivity index (χ1n) is 7.53. The molecule has 112 valence electrons. The molecule has 3 atom stereocenters. The minimum atomic E-state index is -0.501. The highest BCUT2D eigenvalue weighted by Gasteiger charge is 2.45. The second kappa shape index (κ2) is 5.48. The van der Waals surface area contributed by atoms with Gasteiger partial charge in [0.1, 0.15) is 0 Å². The smallest absolute Gasteiger partial charge is 0.254 e. The Kier molecular flexibility index (Phi) is 3.68. The molecule has 21 heavy (non-hydrogen) atoms. The van der Waals surface area contributed by atoms with Crippen LogP contribution in [0.15, 0.2) is 24.3 Å². The molecule has 2 aliphatic rings. The van der Waals surface area contributed by atoms with Gasteiger partial charge in [-0.05, 0) is 36.5 Å². The summed E-state index contributed by atoms with van der Waals surface area (Å²) in [7, 11) is 0. The minimum absolute atomic E-state index is 0.0133. The lowest BCUT2D eigenvalue weighted by molar-refractivity contribution is 0.0711. The van der Waals surface area contributed by atoms with Gasteiger partial charge in [0.25, 0.3) is 5.91 Å². The topological polar surface area (TPSA) is 75.4 Å². The first-order chi connectivity index (χ1) is 10.1. The van der Waals surface area contributed by atoms with Crippen molar-refractivity contribution in [1.82, 2.24) is 10.2 Å². The maximum absolute atomic E-state index is 12.8. The van der Waals surface area contributed by atoms with E-state index in [4.69, 9.17) is 5.73 Å². The number of carbonyl (C=O) groups is 2. The number of benzene rings is 1. The Morgan fingerprint density at radius 3 is 2.81 bits per heavy atom. The molecule has 1 aromatic rings. The van der Waals surface area contributed by atoms with Gasteiger partial charge in [0.05, 0.1) is 0 Å². The van der Waals surface area contributed by atoms with Gasteiger partial charge in [-0.25, -0.2) is 0 Å². The fraction of sp³-hybridized carbons (Fsp3) is 0.500. The highest BCUT2D eigenvalue weighted by Crippen LogP contribution is 2.35. The van der Waals surface area contributed by atoms with E-state index < -0.39 is 5.91 Å². The maximum Gasteiger partial charge on any atom is 0.254 e. The van der Waals surface area contributed by atoms with Crippen LogP contribution in [0.1, 0.15) is 34.1 Å². The molecule has 0 radical (unpaired) electrons. The van der Waals surface area contributed by atoms with Crippen LogP contribution in [0.2, 0.25) is 0 Å². The molecule has 0 aliphatic carbocycles. The van der Waals surface area contributed by atoms with Gasteiger partial charge >= 0.3 is 0 Å². The second-order valence-corrected chi connectivity index (χ2v) is 5.96. The van der Waals surface area contributed by atoms with Crippen LogP contribution >= 0.6 is 0 Å². The SMILES string of the molecule is CCC1C2CNCC2CN1C(=O)c1cccc(C(N)=O)c1. The number of likely N-dealkylation sites (tertiary alicyclic amines) is 1. The summed E-state index contributed by atoms with van der Waals surface area (Å²) in [6.45, 7) is 4.92. The lowest BCUT2D eigenvalue weighted by atomic mass is 9.93. The van der Waals surface area contributed by atoms with Crippen molar-refractivity contribution in [2.45, 2.75) is 19.4 Å². The van der Waals surface area contributed by atoms with Gasteiger partial charge in [-0.3, -0.25) is 9.59 Å². The number of nitrogens with two attached hydrogens (primary N) is 1. The molecule has 2 amide bonds. The van der Waals surface area contributed by atoms with Crippen molar-refractivity contribution in [3.63, 3.8) is 0 Å². The van der Waals surface area contributed by atoms with E-state index in [1.807, 2.05) is 4.90 Å². The predicted molar refractivity (Wildman–Crippen MR) is 79.9 cm³/mol. The summed E-state index contributed by atoms with van der Waals surface area (Å²) in [6, 6.07) is 7.00. The van der Waals surface area contributed by atoms with Crippen LogP contribution in [-0.2, 0) is 0 Å². The van der Waals surface area contributed by atoms with E-state index in [9.17, 15) is 9.59 Å². The predicted octanol–water partition coefficient (Wildman–Crippen LogP) is 0.855. The number of hydrogen-bond acceptors (Lipinski definition) is 3. The second-order valence-electron chi connectivity index (χ2n) is 5.96. The lowest BCUT2D eigenvalue weighted by Gasteiger charge is -2.27. The van der Waals surface area contributed by atoms with Crippen LogP contribution in [0.5, 0.6) is 0 Å². The van der Waals surface area contributed by atoms with E-state index in [0.29, 0.717) is 23.0 Å². The summed E-state index contributed by atoms with van der Waals surface area (Å²) in [5.74, 6) is 0.620. The van der Waals surface area contributed by atoms with E-state index in [0.717, 1.165) is 26.1 Å². The maximum atomic E-state index is 12.8. The molecular weight excluding hydrogens is 266 g/mol. The number of primary amides is 1. The number of nitrogens with one attached hydrogen (secondary N) is 1. The molecule has 2 aliphatic heterocycles. The van der Waals surface area contributed by atoms with E-state index in [2.05, 4.69) is 12.2 Å². The van der Waals surface area contributed by atoms with Crippen LogP contribution in [-0.4, -0.2) is 42.4 Å². The van der Waals surface area contributed by atoms with E-state index in [1.165, 1.54) is 0 Å². The number of carbonyl (C=O) groups excluding carboxylic acids is 2. The van der Waals surface area contributed by atoms with E-state index >= 15 is 0 Å². The number of amides is 2. The average molecular weight is 287 g/mol. The molecule has 0 aromatic heterocycles. The van der Waals surface area contributed by atoms with Crippen molar-refractivity contribution in [3.05, 3.63) is 35.4 Å². The number of rotatable bonds is 3. The lowest BCUT2D eigenvalue weighted by Crippen LogP contribution is -2.39. The molecule has 2 heterocycles. The fourth-order valence-corrected chi connectivity index (χ4v) is 3.75. The van der Waals surface area contributed by atoms with Crippen molar-refractivity contribution in [2.24, 2.45) is 17.6 Å². The minimum Gasteiger partial charge on any atom is -0.366 e. The zero-order chi connectivity index (χ0) is 15.0. The molecule has 5 nitrogen and oxygen atoms in total.